The molecular formula is C9H9ClIN3. The van der Waals surface area contributed by atoms with Crippen LogP contribution in [0.4, 0.5) is 0 Å². The van der Waals surface area contributed by atoms with Crippen molar-refractivity contribution < 1.29 is 0 Å². The first-order valence-electron chi connectivity index (χ1n) is 3.81. The summed E-state index contributed by atoms with van der Waals surface area (Å²) in [5.74, 6) is 0.396. The third kappa shape index (κ3) is 2.88. The van der Waals surface area contributed by atoms with E-state index in [1.165, 1.54) is 4.68 Å². The Hall–Kier alpha value is -0.750. The summed E-state index contributed by atoms with van der Waals surface area (Å²) in [6.07, 6.45) is 6.76. The van der Waals surface area contributed by atoms with E-state index in [4.69, 9.17) is 17.3 Å². The van der Waals surface area contributed by atoms with E-state index in [0.717, 1.165) is 3.70 Å². The SMILES string of the molecule is C=C/C=C\C(Cl)=C(/N)n1ccc(I)n1. The molecule has 0 saturated carbocycles. The summed E-state index contributed by atoms with van der Waals surface area (Å²) in [6, 6.07) is 1.84. The summed E-state index contributed by atoms with van der Waals surface area (Å²) in [5, 5.41) is 4.55. The Morgan fingerprint density at radius 1 is 1.71 bits per heavy atom. The fraction of sp³-hybridized carbons (Fsp3) is 0. The predicted molar refractivity (Wildman–Crippen MR) is 67.5 cm³/mol. The Morgan fingerprint density at radius 2 is 2.43 bits per heavy atom. The topological polar surface area (TPSA) is 43.8 Å². The Kier molecular flexibility index (Phi) is 4.21. The van der Waals surface area contributed by atoms with Crippen molar-refractivity contribution in [1.29, 1.82) is 0 Å². The van der Waals surface area contributed by atoms with Crippen LogP contribution in [0.25, 0.3) is 5.82 Å². The first-order chi connectivity index (χ1) is 6.65. The fourth-order valence-electron chi connectivity index (χ4n) is 0.783. The van der Waals surface area contributed by atoms with Gasteiger partial charge in [-0.3, -0.25) is 0 Å². The summed E-state index contributed by atoms with van der Waals surface area (Å²) in [6.45, 7) is 3.54. The third-order valence-electron chi connectivity index (χ3n) is 1.43. The van der Waals surface area contributed by atoms with Crippen molar-refractivity contribution in [2.75, 3.05) is 0 Å². The van der Waals surface area contributed by atoms with Crippen LogP contribution in [-0.2, 0) is 0 Å². The van der Waals surface area contributed by atoms with E-state index in [9.17, 15) is 0 Å². The van der Waals surface area contributed by atoms with E-state index in [0.29, 0.717) is 10.9 Å². The van der Waals surface area contributed by atoms with Gasteiger partial charge in [-0.2, -0.15) is 5.10 Å². The zero-order valence-corrected chi connectivity index (χ0v) is 10.2. The molecule has 0 aromatic carbocycles. The average Bonchev–Trinajstić information content (AvgIpc) is 2.60. The van der Waals surface area contributed by atoms with Crippen LogP contribution in [0, 0.1) is 3.70 Å². The van der Waals surface area contributed by atoms with Crippen LogP contribution < -0.4 is 5.73 Å². The number of halogens is 2. The number of hydrogen-bond donors (Lipinski definition) is 1. The van der Waals surface area contributed by atoms with Gasteiger partial charge in [-0.25, -0.2) is 4.68 Å². The van der Waals surface area contributed by atoms with E-state index in [-0.39, 0.29) is 0 Å². The second kappa shape index (κ2) is 5.21. The molecule has 14 heavy (non-hydrogen) atoms. The van der Waals surface area contributed by atoms with E-state index in [1.807, 2.05) is 6.07 Å². The lowest BCUT2D eigenvalue weighted by Crippen LogP contribution is -2.08. The van der Waals surface area contributed by atoms with Gasteiger partial charge in [-0.05, 0) is 34.7 Å². The highest BCUT2D eigenvalue weighted by atomic mass is 127. The van der Waals surface area contributed by atoms with Crippen LogP contribution in [0.15, 0.2) is 42.1 Å². The van der Waals surface area contributed by atoms with Gasteiger partial charge < -0.3 is 5.73 Å². The lowest BCUT2D eigenvalue weighted by molar-refractivity contribution is 0.874. The van der Waals surface area contributed by atoms with Crippen molar-refractivity contribution in [3.05, 3.63) is 45.8 Å². The Bertz CT molecular complexity index is 393. The smallest absolute Gasteiger partial charge is 0.143 e. The maximum atomic E-state index is 5.91. The molecule has 0 atom stereocenters. The molecule has 2 N–H and O–H groups in total. The maximum absolute atomic E-state index is 5.91. The molecule has 0 unspecified atom stereocenters. The van der Waals surface area contributed by atoms with E-state index in [1.54, 1.807) is 24.4 Å². The minimum atomic E-state index is 0.396. The molecule has 5 heteroatoms. The Labute approximate surface area is 101 Å². The third-order valence-corrected chi connectivity index (χ3v) is 2.32. The van der Waals surface area contributed by atoms with Gasteiger partial charge in [0.25, 0.3) is 0 Å². The van der Waals surface area contributed by atoms with Gasteiger partial charge in [-0.1, -0.05) is 30.3 Å². The first kappa shape index (κ1) is 11.3. The highest BCUT2D eigenvalue weighted by Crippen LogP contribution is 2.11. The molecule has 3 nitrogen and oxygen atoms in total. The summed E-state index contributed by atoms with van der Waals surface area (Å²) in [5.41, 5.74) is 5.75. The second-order valence-corrected chi connectivity index (χ2v) is 3.92. The number of rotatable bonds is 3. The Morgan fingerprint density at radius 3 is 2.93 bits per heavy atom. The largest absolute Gasteiger partial charge is 0.382 e. The summed E-state index contributed by atoms with van der Waals surface area (Å²) in [4.78, 5) is 0. The normalized spacial score (nSPS) is 13.0. The lowest BCUT2D eigenvalue weighted by Gasteiger charge is -2.01. The van der Waals surface area contributed by atoms with Crippen molar-refractivity contribution in [1.82, 2.24) is 9.78 Å². The summed E-state index contributed by atoms with van der Waals surface area (Å²) >= 11 is 8.01. The zero-order valence-electron chi connectivity index (χ0n) is 7.32. The van der Waals surface area contributed by atoms with Gasteiger partial charge in [0.05, 0.1) is 5.03 Å². The molecule has 0 amide bonds. The van der Waals surface area contributed by atoms with E-state index in [2.05, 4.69) is 34.3 Å². The molecule has 0 radical (unpaired) electrons. The molecule has 0 aliphatic heterocycles. The maximum Gasteiger partial charge on any atom is 0.143 e. The highest BCUT2D eigenvalue weighted by molar-refractivity contribution is 14.1. The number of allylic oxidation sites excluding steroid dienone is 4. The van der Waals surface area contributed by atoms with Gasteiger partial charge in [0.1, 0.15) is 9.52 Å². The first-order valence-corrected chi connectivity index (χ1v) is 5.26. The quantitative estimate of drug-likeness (QED) is 0.687. The number of aromatic nitrogens is 2. The minimum Gasteiger partial charge on any atom is -0.382 e. The van der Waals surface area contributed by atoms with Gasteiger partial charge in [-0.15, -0.1) is 0 Å². The van der Waals surface area contributed by atoms with Gasteiger partial charge in [0.2, 0.25) is 0 Å². The van der Waals surface area contributed by atoms with Crippen molar-refractivity contribution in [3.8, 4) is 0 Å². The van der Waals surface area contributed by atoms with Gasteiger partial charge in [0.15, 0.2) is 0 Å². The minimum absolute atomic E-state index is 0.396. The molecule has 0 saturated heterocycles. The number of nitrogens with two attached hydrogens (primary N) is 1. The van der Waals surface area contributed by atoms with Crippen LogP contribution in [0.2, 0.25) is 0 Å². The molecule has 1 aromatic rings. The van der Waals surface area contributed by atoms with Crippen LogP contribution >= 0.6 is 34.2 Å². The molecule has 1 aromatic heterocycles. The molecule has 0 aliphatic rings. The van der Waals surface area contributed by atoms with Crippen LogP contribution in [-0.4, -0.2) is 9.78 Å². The van der Waals surface area contributed by atoms with Crippen LogP contribution in [0.5, 0.6) is 0 Å². The molecule has 1 rings (SSSR count). The molecule has 0 spiro atoms. The molecular weight excluding hydrogens is 312 g/mol. The monoisotopic (exact) mass is 321 g/mol. The molecule has 0 bridgehead atoms. The number of hydrogen-bond acceptors (Lipinski definition) is 2. The second-order valence-electron chi connectivity index (χ2n) is 2.41. The molecule has 1 heterocycles. The van der Waals surface area contributed by atoms with Crippen molar-refractivity contribution in [3.63, 3.8) is 0 Å². The zero-order chi connectivity index (χ0) is 10.6. The molecule has 0 fully saturated rings. The number of nitrogens with zero attached hydrogens (tertiary/aromatic N) is 2. The molecule has 74 valence electrons. The van der Waals surface area contributed by atoms with Crippen LogP contribution in [0.1, 0.15) is 0 Å². The molecule has 0 aliphatic carbocycles. The van der Waals surface area contributed by atoms with Gasteiger partial charge >= 0.3 is 0 Å². The van der Waals surface area contributed by atoms with Crippen LogP contribution in [0.3, 0.4) is 0 Å². The van der Waals surface area contributed by atoms with E-state index >= 15 is 0 Å². The lowest BCUT2D eigenvalue weighted by atomic mass is 10.4. The van der Waals surface area contributed by atoms with Crippen molar-refractivity contribution in [2.24, 2.45) is 5.73 Å². The Balaban J connectivity index is 2.97. The standard InChI is InChI=1S/C9H9ClIN3/c1-2-3-4-7(10)9(12)14-6-5-8(11)13-14/h2-6H,1,12H2/b4-3-,9-7-. The highest BCUT2D eigenvalue weighted by Gasteiger charge is 2.01. The average molecular weight is 322 g/mol. The van der Waals surface area contributed by atoms with E-state index < -0.39 is 0 Å². The predicted octanol–water partition coefficient (Wildman–Crippen LogP) is 2.55. The van der Waals surface area contributed by atoms with Crippen molar-refractivity contribution >= 4 is 40.0 Å². The summed E-state index contributed by atoms with van der Waals surface area (Å²) < 4.78 is 2.39. The van der Waals surface area contributed by atoms with Gasteiger partial charge in [0, 0.05) is 6.20 Å². The fourth-order valence-corrected chi connectivity index (χ4v) is 1.34. The summed E-state index contributed by atoms with van der Waals surface area (Å²) in [7, 11) is 0. The van der Waals surface area contributed by atoms with Crippen molar-refractivity contribution in [2.45, 2.75) is 0 Å².